The van der Waals surface area contributed by atoms with Gasteiger partial charge in [0.2, 0.25) is 0 Å². The minimum atomic E-state index is -0.412. The summed E-state index contributed by atoms with van der Waals surface area (Å²) in [5.41, 5.74) is 0.315. The van der Waals surface area contributed by atoms with Gasteiger partial charge >= 0.3 is 0 Å². The van der Waals surface area contributed by atoms with E-state index in [1.54, 1.807) is 0 Å². The molecular formula is C7H4FN3. The lowest BCUT2D eigenvalue weighted by Gasteiger charge is -1.93. The molecule has 0 fully saturated rings. The Bertz CT molecular complexity index is 383. The maximum atomic E-state index is 12.8. The number of aromatic nitrogens is 3. The van der Waals surface area contributed by atoms with Crippen LogP contribution in [-0.2, 0) is 0 Å². The van der Waals surface area contributed by atoms with Crippen LogP contribution in [0.2, 0.25) is 0 Å². The fourth-order valence-corrected chi connectivity index (χ4v) is 0.879. The van der Waals surface area contributed by atoms with Crippen LogP contribution in [0.15, 0.2) is 24.9 Å². The highest BCUT2D eigenvalue weighted by molar-refractivity contribution is 5.76. The maximum absolute atomic E-state index is 12.8. The summed E-state index contributed by atoms with van der Waals surface area (Å²) in [5, 5.41) is 0.618. The van der Waals surface area contributed by atoms with E-state index in [1.165, 1.54) is 18.7 Å². The first kappa shape index (κ1) is 6.15. The van der Waals surface area contributed by atoms with E-state index < -0.39 is 5.82 Å². The highest BCUT2D eigenvalue weighted by Crippen LogP contribution is 2.10. The highest BCUT2D eigenvalue weighted by atomic mass is 19.1. The van der Waals surface area contributed by atoms with E-state index in [2.05, 4.69) is 15.0 Å². The van der Waals surface area contributed by atoms with Crippen LogP contribution >= 0.6 is 0 Å². The third kappa shape index (κ3) is 0.920. The van der Waals surface area contributed by atoms with Crippen LogP contribution in [0.4, 0.5) is 4.39 Å². The molecule has 0 aliphatic carbocycles. The molecule has 2 heterocycles. The first-order valence-electron chi connectivity index (χ1n) is 3.07. The molecule has 0 spiro atoms. The Morgan fingerprint density at radius 3 is 2.73 bits per heavy atom. The second kappa shape index (κ2) is 2.23. The zero-order chi connectivity index (χ0) is 7.68. The van der Waals surface area contributed by atoms with Crippen molar-refractivity contribution >= 4 is 10.9 Å². The van der Waals surface area contributed by atoms with Crippen LogP contribution in [-0.4, -0.2) is 15.0 Å². The molecule has 0 N–H and O–H groups in total. The average molecular weight is 149 g/mol. The summed E-state index contributed by atoms with van der Waals surface area (Å²) in [4.78, 5) is 11.1. The Morgan fingerprint density at radius 2 is 1.91 bits per heavy atom. The highest BCUT2D eigenvalue weighted by Gasteiger charge is 1.99. The van der Waals surface area contributed by atoms with Gasteiger partial charge in [-0.05, 0) is 0 Å². The average Bonchev–Trinajstić information content (AvgIpc) is 2.06. The van der Waals surface area contributed by atoms with Crippen molar-refractivity contribution in [3.63, 3.8) is 0 Å². The van der Waals surface area contributed by atoms with Crippen molar-refractivity contribution in [1.82, 2.24) is 15.0 Å². The fourth-order valence-electron chi connectivity index (χ4n) is 0.879. The van der Waals surface area contributed by atoms with Crippen LogP contribution in [0.3, 0.4) is 0 Å². The summed E-state index contributed by atoms with van der Waals surface area (Å²) in [6, 6.07) is 0. The third-order valence-corrected chi connectivity index (χ3v) is 1.37. The van der Waals surface area contributed by atoms with Crippen LogP contribution in [0.5, 0.6) is 0 Å². The summed E-state index contributed by atoms with van der Waals surface area (Å²) < 4.78 is 12.8. The molecule has 2 rings (SSSR count). The second-order valence-electron chi connectivity index (χ2n) is 2.08. The lowest BCUT2D eigenvalue weighted by atomic mass is 10.3. The molecule has 11 heavy (non-hydrogen) atoms. The molecular weight excluding hydrogens is 145 g/mol. The van der Waals surface area contributed by atoms with Gasteiger partial charge in [0.15, 0.2) is 5.82 Å². The zero-order valence-corrected chi connectivity index (χ0v) is 5.53. The lowest BCUT2D eigenvalue weighted by Crippen LogP contribution is -1.86. The van der Waals surface area contributed by atoms with Crippen LogP contribution < -0.4 is 0 Å². The van der Waals surface area contributed by atoms with Gasteiger partial charge in [-0.2, -0.15) is 0 Å². The largest absolute Gasteiger partial charge is 0.261 e. The predicted molar refractivity (Wildman–Crippen MR) is 37.3 cm³/mol. The van der Waals surface area contributed by atoms with E-state index in [1.807, 2.05) is 0 Å². The standard InChI is InChI=1S/C7H4FN3/c8-6-3-9-1-5-2-10-4-11-7(5)6/h1-4H. The monoisotopic (exact) mass is 149 g/mol. The van der Waals surface area contributed by atoms with Crippen molar-refractivity contribution in [3.05, 3.63) is 30.7 Å². The van der Waals surface area contributed by atoms with Crippen molar-refractivity contribution in [3.8, 4) is 0 Å². The van der Waals surface area contributed by atoms with Crippen LogP contribution in [0, 0.1) is 5.82 Å². The van der Waals surface area contributed by atoms with Crippen molar-refractivity contribution in [2.75, 3.05) is 0 Å². The molecule has 0 aromatic carbocycles. The number of hydrogen-bond donors (Lipinski definition) is 0. The van der Waals surface area contributed by atoms with E-state index in [-0.39, 0.29) is 0 Å². The third-order valence-electron chi connectivity index (χ3n) is 1.37. The molecule has 54 valence electrons. The zero-order valence-electron chi connectivity index (χ0n) is 5.53. The molecule has 4 heteroatoms. The quantitative estimate of drug-likeness (QED) is 0.564. The molecule has 0 bridgehead atoms. The first-order chi connectivity index (χ1) is 5.38. The Balaban J connectivity index is 2.91. The Kier molecular flexibility index (Phi) is 1.25. The molecule has 0 saturated carbocycles. The predicted octanol–water partition coefficient (Wildman–Crippen LogP) is 1.16. The van der Waals surface area contributed by atoms with Crippen molar-refractivity contribution in [1.29, 1.82) is 0 Å². The van der Waals surface area contributed by atoms with E-state index in [4.69, 9.17) is 0 Å². The number of pyridine rings is 1. The Hall–Kier alpha value is -1.58. The molecule has 0 aliphatic rings. The normalized spacial score (nSPS) is 10.3. The van der Waals surface area contributed by atoms with Crippen molar-refractivity contribution < 1.29 is 4.39 Å². The molecule has 0 atom stereocenters. The SMILES string of the molecule is Fc1cncc2cncnc12. The number of fused-ring (bicyclic) bond motifs is 1. The number of hydrogen-bond acceptors (Lipinski definition) is 3. The number of halogens is 1. The number of rotatable bonds is 0. The minimum Gasteiger partial charge on any atom is -0.261 e. The van der Waals surface area contributed by atoms with Gasteiger partial charge in [0.1, 0.15) is 11.8 Å². The van der Waals surface area contributed by atoms with E-state index in [0.29, 0.717) is 10.9 Å². The van der Waals surface area contributed by atoms with E-state index in [9.17, 15) is 4.39 Å². The smallest absolute Gasteiger partial charge is 0.167 e. The number of nitrogens with zero attached hydrogens (tertiary/aromatic N) is 3. The topological polar surface area (TPSA) is 38.7 Å². The van der Waals surface area contributed by atoms with Gasteiger partial charge in [-0.1, -0.05) is 0 Å². The van der Waals surface area contributed by atoms with E-state index >= 15 is 0 Å². The van der Waals surface area contributed by atoms with Crippen LogP contribution in [0.1, 0.15) is 0 Å². The molecule has 2 aromatic rings. The first-order valence-corrected chi connectivity index (χ1v) is 3.07. The van der Waals surface area contributed by atoms with E-state index in [0.717, 1.165) is 6.20 Å². The van der Waals surface area contributed by atoms with Gasteiger partial charge < -0.3 is 0 Å². The minimum absolute atomic E-state index is 0.315. The van der Waals surface area contributed by atoms with Crippen molar-refractivity contribution in [2.24, 2.45) is 0 Å². The Labute approximate surface area is 61.9 Å². The Morgan fingerprint density at radius 1 is 1.09 bits per heavy atom. The summed E-state index contributed by atoms with van der Waals surface area (Å²) in [6.07, 6.45) is 5.50. The fraction of sp³-hybridized carbons (Fsp3) is 0. The van der Waals surface area contributed by atoms with Gasteiger partial charge in [0, 0.05) is 17.8 Å². The second-order valence-corrected chi connectivity index (χ2v) is 2.08. The van der Waals surface area contributed by atoms with Gasteiger partial charge in [-0.15, -0.1) is 0 Å². The van der Waals surface area contributed by atoms with Gasteiger partial charge in [0.25, 0.3) is 0 Å². The van der Waals surface area contributed by atoms with Gasteiger partial charge in [-0.25, -0.2) is 14.4 Å². The molecule has 2 aromatic heterocycles. The maximum Gasteiger partial charge on any atom is 0.167 e. The van der Waals surface area contributed by atoms with Gasteiger partial charge in [0.05, 0.1) is 6.20 Å². The molecule has 0 unspecified atom stereocenters. The summed E-state index contributed by atoms with van der Waals surface area (Å²) in [5.74, 6) is -0.412. The van der Waals surface area contributed by atoms with Gasteiger partial charge in [-0.3, -0.25) is 4.98 Å². The summed E-state index contributed by atoms with van der Waals surface area (Å²) in [6.45, 7) is 0. The molecule has 0 amide bonds. The lowest BCUT2D eigenvalue weighted by molar-refractivity contribution is 0.630. The summed E-state index contributed by atoms with van der Waals surface area (Å²) in [7, 11) is 0. The molecule has 0 radical (unpaired) electrons. The summed E-state index contributed by atoms with van der Waals surface area (Å²) >= 11 is 0. The van der Waals surface area contributed by atoms with Crippen LogP contribution in [0.25, 0.3) is 10.9 Å². The van der Waals surface area contributed by atoms with Crippen molar-refractivity contribution in [2.45, 2.75) is 0 Å². The molecule has 0 saturated heterocycles. The molecule has 3 nitrogen and oxygen atoms in total. The molecule has 0 aliphatic heterocycles.